The number of nitrogens with zero attached hydrogens (tertiary/aromatic N) is 1. The van der Waals surface area contributed by atoms with Crippen LogP contribution >= 0.6 is 11.8 Å². The van der Waals surface area contributed by atoms with E-state index in [1.54, 1.807) is 24.4 Å². The largest absolute Gasteiger partial charge is 0.465 e. The summed E-state index contributed by atoms with van der Waals surface area (Å²) in [6.07, 6.45) is 3.02. The maximum Gasteiger partial charge on any atom is 0.339 e. The highest BCUT2D eigenvalue weighted by atomic mass is 32.2. The summed E-state index contributed by atoms with van der Waals surface area (Å²) in [6, 6.07) is 5.13. The van der Waals surface area contributed by atoms with Gasteiger partial charge in [0.25, 0.3) is 5.22 Å². The fraction of sp³-hybridized carbons (Fsp3) is 0.0909. The van der Waals surface area contributed by atoms with Crippen LogP contribution in [0.3, 0.4) is 0 Å². The molecule has 1 heterocycles. The van der Waals surface area contributed by atoms with E-state index < -0.39 is 5.97 Å². The van der Waals surface area contributed by atoms with Crippen molar-refractivity contribution < 1.29 is 13.9 Å². The van der Waals surface area contributed by atoms with Crippen molar-refractivity contribution in [3.05, 3.63) is 36.2 Å². The lowest BCUT2D eigenvalue weighted by atomic mass is 10.2. The van der Waals surface area contributed by atoms with Gasteiger partial charge >= 0.3 is 5.97 Å². The average Bonchev–Trinajstić information content (AvgIpc) is 2.84. The Morgan fingerprint density at radius 3 is 3.00 bits per heavy atom. The predicted molar refractivity (Wildman–Crippen MR) is 62.8 cm³/mol. The first-order valence-electron chi connectivity index (χ1n) is 4.76. The Morgan fingerprint density at radius 1 is 1.53 bits per heavy atom. The molecule has 2 rings (SSSR count). The number of esters is 1. The quantitative estimate of drug-likeness (QED) is 0.664. The van der Waals surface area contributed by atoms with E-state index >= 15 is 0 Å². The first-order valence-corrected chi connectivity index (χ1v) is 5.58. The van der Waals surface area contributed by atoms with E-state index in [9.17, 15) is 4.79 Å². The molecule has 0 saturated heterocycles. The molecule has 0 spiro atoms. The van der Waals surface area contributed by atoms with Crippen LogP contribution in [-0.2, 0) is 4.74 Å². The second kappa shape index (κ2) is 4.92. The van der Waals surface area contributed by atoms with Gasteiger partial charge in [0.15, 0.2) is 0 Å². The zero-order valence-corrected chi connectivity index (χ0v) is 9.86. The molecule has 0 saturated carbocycles. The van der Waals surface area contributed by atoms with Crippen LogP contribution in [0.1, 0.15) is 10.4 Å². The number of hydrogen-bond acceptors (Lipinski definition) is 6. The van der Waals surface area contributed by atoms with E-state index in [1.165, 1.54) is 25.1 Å². The molecule has 6 heteroatoms. The highest BCUT2D eigenvalue weighted by Gasteiger charge is 2.14. The summed E-state index contributed by atoms with van der Waals surface area (Å²) >= 11 is 1.25. The maximum atomic E-state index is 11.4. The molecule has 0 fully saturated rings. The minimum atomic E-state index is -0.461. The van der Waals surface area contributed by atoms with Crippen molar-refractivity contribution in [3.8, 4) is 0 Å². The third-order valence-corrected chi connectivity index (χ3v) is 3.03. The lowest BCUT2D eigenvalue weighted by Crippen LogP contribution is -2.06. The molecule has 5 nitrogen and oxygen atoms in total. The van der Waals surface area contributed by atoms with Gasteiger partial charge in [0.1, 0.15) is 6.26 Å². The highest BCUT2D eigenvalue weighted by molar-refractivity contribution is 7.99. The molecular weight excluding hydrogens is 240 g/mol. The molecule has 1 aromatic heterocycles. The van der Waals surface area contributed by atoms with E-state index in [0.717, 1.165) is 0 Å². The summed E-state index contributed by atoms with van der Waals surface area (Å²) in [6.45, 7) is 0. The monoisotopic (exact) mass is 250 g/mol. The number of para-hydroxylation sites is 1. The van der Waals surface area contributed by atoms with Gasteiger partial charge < -0.3 is 14.9 Å². The number of ether oxygens (including phenoxy) is 1. The summed E-state index contributed by atoms with van der Waals surface area (Å²) in [4.78, 5) is 16.1. The van der Waals surface area contributed by atoms with Crippen molar-refractivity contribution >= 4 is 23.4 Å². The van der Waals surface area contributed by atoms with Crippen molar-refractivity contribution in [1.82, 2.24) is 4.98 Å². The molecule has 0 aliphatic heterocycles. The van der Waals surface area contributed by atoms with Crippen molar-refractivity contribution in [2.24, 2.45) is 0 Å². The Bertz CT molecular complexity index is 526. The van der Waals surface area contributed by atoms with Gasteiger partial charge in [-0.1, -0.05) is 6.07 Å². The summed E-state index contributed by atoms with van der Waals surface area (Å²) in [7, 11) is 1.32. The van der Waals surface area contributed by atoms with Crippen molar-refractivity contribution in [3.63, 3.8) is 0 Å². The Labute approximate surface area is 102 Å². The van der Waals surface area contributed by atoms with Crippen molar-refractivity contribution in [2.45, 2.75) is 10.1 Å². The number of carbonyl (C=O) groups excluding carboxylic acids is 1. The fourth-order valence-corrected chi connectivity index (χ4v) is 2.05. The number of aromatic nitrogens is 1. The summed E-state index contributed by atoms with van der Waals surface area (Å²) in [5, 5.41) is 0.471. The Balaban J connectivity index is 2.32. The van der Waals surface area contributed by atoms with Gasteiger partial charge in [-0.05, 0) is 23.9 Å². The van der Waals surface area contributed by atoms with Gasteiger partial charge in [0.2, 0.25) is 0 Å². The molecule has 2 N–H and O–H groups in total. The first kappa shape index (κ1) is 11.5. The van der Waals surface area contributed by atoms with Crippen LogP contribution in [0, 0.1) is 0 Å². The van der Waals surface area contributed by atoms with Crippen LogP contribution in [0.5, 0.6) is 0 Å². The number of hydrogen-bond donors (Lipinski definition) is 1. The van der Waals surface area contributed by atoms with Crippen LogP contribution in [0.2, 0.25) is 0 Å². The number of nitrogens with two attached hydrogens (primary N) is 1. The first-order chi connectivity index (χ1) is 8.22. The second-order valence-electron chi connectivity index (χ2n) is 3.11. The molecule has 2 aromatic rings. The summed E-state index contributed by atoms with van der Waals surface area (Å²) in [5.41, 5.74) is 6.59. The standard InChI is InChI=1S/C11H10N2O3S/c1-15-10(14)7-3-2-4-8(9(7)12)17-11-13-5-6-16-11/h2-6H,12H2,1H3. The molecule has 1 aromatic carbocycles. The number of benzene rings is 1. The van der Waals surface area contributed by atoms with E-state index in [0.29, 0.717) is 21.4 Å². The molecule has 17 heavy (non-hydrogen) atoms. The number of methoxy groups -OCH3 is 1. The number of anilines is 1. The number of nitrogen functional groups attached to an aromatic ring is 1. The van der Waals surface area contributed by atoms with Gasteiger partial charge in [-0.15, -0.1) is 0 Å². The highest BCUT2D eigenvalue weighted by Crippen LogP contribution is 2.32. The Kier molecular flexibility index (Phi) is 3.34. The Hall–Kier alpha value is -1.95. The number of oxazole rings is 1. The Morgan fingerprint density at radius 2 is 2.35 bits per heavy atom. The molecule has 88 valence electrons. The van der Waals surface area contributed by atoms with Crippen LogP contribution < -0.4 is 5.73 Å². The van der Waals surface area contributed by atoms with Crippen LogP contribution in [0.4, 0.5) is 5.69 Å². The lowest BCUT2D eigenvalue weighted by molar-refractivity contribution is 0.0601. The molecular formula is C11H10N2O3S. The minimum Gasteiger partial charge on any atom is -0.465 e. The molecule has 0 unspecified atom stereocenters. The van der Waals surface area contributed by atoms with Gasteiger partial charge in [-0.2, -0.15) is 0 Å². The molecule has 0 aliphatic rings. The zero-order chi connectivity index (χ0) is 12.3. The fourth-order valence-electron chi connectivity index (χ4n) is 1.28. The van der Waals surface area contributed by atoms with E-state index in [-0.39, 0.29) is 0 Å². The number of rotatable bonds is 3. The summed E-state index contributed by atoms with van der Waals surface area (Å²) < 4.78 is 9.74. The van der Waals surface area contributed by atoms with Crippen LogP contribution in [-0.4, -0.2) is 18.1 Å². The van der Waals surface area contributed by atoms with Gasteiger partial charge in [0, 0.05) is 4.90 Å². The topological polar surface area (TPSA) is 78.3 Å². The van der Waals surface area contributed by atoms with E-state index in [1.807, 2.05) is 0 Å². The summed E-state index contributed by atoms with van der Waals surface area (Å²) in [5.74, 6) is -0.461. The molecule has 0 bridgehead atoms. The smallest absolute Gasteiger partial charge is 0.339 e. The molecule has 0 atom stereocenters. The predicted octanol–water partition coefficient (Wildman–Crippen LogP) is 2.19. The third kappa shape index (κ3) is 2.42. The SMILES string of the molecule is COC(=O)c1cccc(Sc2ncco2)c1N. The molecule has 0 aliphatic carbocycles. The average molecular weight is 250 g/mol. The van der Waals surface area contributed by atoms with Crippen molar-refractivity contribution in [2.75, 3.05) is 12.8 Å². The molecule has 0 amide bonds. The second-order valence-corrected chi connectivity index (χ2v) is 4.10. The molecule has 0 radical (unpaired) electrons. The minimum absolute atomic E-state index is 0.337. The third-order valence-electron chi connectivity index (χ3n) is 2.08. The van der Waals surface area contributed by atoms with Gasteiger partial charge in [-0.3, -0.25) is 0 Å². The van der Waals surface area contributed by atoms with Gasteiger partial charge in [-0.25, -0.2) is 9.78 Å². The van der Waals surface area contributed by atoms with E-state index in [4.69, 9.17) is 10.2 Å². The normalized spacial score (nSPS) is 10.2. The van der Waals surface area contributed by atoms with E-state index in [2.05, 4.69) is 9.72 Å². The maximum absolute atomic E-state index is 11.4. The van der Waals surface area contributed by atoms with Crippen LogP contribution in [0.15, 0.2) is 45.2 Å². The van der Waals surface area contributed by atoms with Gasteiger partial charge in [0.05, 0.1) is 24.6 Å². The zero-order valence-electron chi connectivity index (χ0n) is 9.04. The van der Waals surface area contributed by atoms with Crippen LogP contribution in [0.25, 0.3) is 0 Å². The van der Waals surface area contributed by atoms with Crippen molar-refractivity contribution in [1.29, 1.82) is 0 Å². The lowest BCUT2D eigenvalue weighted by Gasteiger charge is -2.07. The number of carbonyl (C=O) groups is 1.